The van der Waals surface area contributed by atoms with Crippen LogP contribution in [0.2, 0.25) is 0 Å². The maximum atomic E-state index is 3.64. The smallest absolute Gasteiger partial charge is 0.0659 e. The topological polar surface area (TPSA) is 12.0 Å². The van der Waals surface area contributed by atoms with Crippen LogP contribution in [0, 0.1) is 2.88 Å². The number of fused-ring (bicyclic) bond motifs is 1. The highest BCUT2D eigenvalue weighted by molar-refractivity contribution is 14.1. The Labute approximate surface area is 103 Å². The zero-order valence-electron chi connectivity index (χ0n) is 8.48. The van der Waals surface area contributed by atoms with Gasteiger partial charge < -0.3 is 5.32 Å². The third-order valence-electron chi connectivity index (χ3n) is 2.72. The van der Waals surface area contributed by atoms with E-state index in [2.05, 4.69) is 40.9 Å². The van der Waals surface area contributed by atoms with Gasteiger partial charge in [0.05, 0.1) is 2.88 Å². The molecule has 78 valence electrons. The van der Waals surface area contributed by atoms with Crippen LogP contribution in [0.3, 0.4) is 0 Å². The van der Waals surface area contributed by atoms with Crippen molar-refractivity contribution in [2.24, 2.45) is 0 Å². The van der Waals surface area contributed by atoms with Crippen molar-refractivity contribution >= 4 is 33.9 Å². The summed E-state index contributed by atoms with van der Waals surface area (Å²) in [5.74, 6) is 0. The van der Waals surface area contributed by atoms with Crippen molar-refractivity contribution in [3.63, 3.8) is 0 Å². The molecule has 2 rings (SSSR count). The summed E-state index contributed by atoms with van der Waals surface area (Å²) in [4.78, 5) is 1.62. The van der Waals surface area contributed by atoms with Gasteiger partial charge in [0.25, 0.3) is 0 Å². The predicted molar refractivity (Wildman–Crippen MR) is 71.0 cm³/mol. The van der Waals surface area contributed by atoms with E-state index in [-0.39, 0.29) is 0 Å². The van der Waals surface area contributed by atoms with Crippen molar-refractivity contribution in [1.29, 1.82) is 0 Å². The lowest BCUT2D eigenvalue weighted by Gasteiger charge is -2.23. The average Bonchev–Trinajstić information content (AvgIpc) is 2.55. The number of rotatable bonds is 3. The first-order valence-electron chi connectivity index (χ1n) is 5.32. The van der Waals surface area contributed by atoms with Gasteiger partial charge in [0.1, 0.15) is 0 Å². The second kappa shape index (κ2) is 4.94. The standard InChI is InChI=1S/C11H16INS/c1-2-6-13-9-4-3-5-10-8(9)7-11(12)14-10/h7,9,13H,2-6H2,1H3. The van der Waals surface area contributed by atoms with E-state index in [1.165, 1.54) is 28.6 Å². The fraction of sp³-hybridized carbons (Fsp3) is 0.636. The monoisotopic (exact) mass is 321 g/mol. The Balaban J connectivity index is 2.13. The van der Waals surface area contributed by atoms with Gasteiger partial charge in [0, 0.05) is 10.9 Å². The summed E-state index contributed by atoms with van der Waals surface area (Å²) >= 11 is 4.41. The van der Waals surface area contributed by atoms with Crippen LogP contribution in [0.5, 0.6) is 0 Å². The Bertz CT molecular complexity index is 308. The van der Waals surface area contributed by atoms with E-state index in [0.29, 0.717) is 6.04 Å². The summed E-state index contributed by atoms with van der Waals surface area (Å²) in [5.41, 5.74) is 1.58. The van der Waals surface area contributed by atoms with E-state index >= 15 is 0 Å². The number of nitrogens with one attached hydrogen (secondary N) is 1. The van der Waals surface area contributed by atoms with Gasteiger partial charge in [0.15, 0.2) is 0 Å². The molecule has 0 aromatic carbocycles. The number of thiophene rings is 1. The molecule has 14 heavy (non-hydrogen) atoms. The van der Waals surface area contributed by atoms with E-state index in [4.69, 9.17) is 0 Å². The minimum Gasteiger partial charge on any atom is -0.310 e. The molecule has 1 N–H and O–H groups in total. The molecule has 0 radical (unpaired) electrons. The van der Waals surface area contributed by atoms with Crippen LogP contribution in [-0.2, 0) is 6.42 Å². The van der Waals surface area contributed by atoms with Crippen LogP contribution in [-0.4, -0.2) is 6.54 Å². The van der Waals surface area contributed by atoms with Crippen LogP contribution in [0.25, 0.3) is 0 Å². The predicted octanol–water partition coefficient (Wildman–Crippen LogP) is 3.73. The van der Waals surface area contributed by atoms with E-state index in [1.54, 1.807) is 10.4 Å². The zero-order chi connectivity index (χ0) is 9.97. The first-order valence-corrected chi connectivity index (χ1v) is 7.22. The minimum absolute atomic E-state index is 0.637. The summed E-state index contributed by atoms with van der Waals surface area (Å²) in [6, 6.07) is 3.01. The van der Waals surface area contributed by atoms with Gasteiger partial charge in [0.2, 0.25) is 0 Å². The zero-order valence-corrected chi connectivity index (χ0v) is 11.5. The van der Waals surface area contributed by atoms with E-state index in [9.17, 15) is 0 Å². The minimum atomic E-state index is 0.637. The van der Waals surface area contributed by atoms with Crippen molar-refractivity contribution in [2.45, 2.75) is 38.6 Å². The summed E-state index contributed by atoms with van der Waals surface area (Å²) in [7, 11) is 0. The lowest BCUT2D eigenvalue weighted by molar-refractivity contribution is 0.464. The van der Waals surface area contributed by atoms with Crippen LogP contribution in [0.4, 0.5) is 0 Å². The Morgan fingerprint density at radius 3 is 3.29 bits per heavy atom. The fourth-order valence-corrected chi connectivity index (χ4v) is 4.17. The van der Waals surface area contributed by atoms with E-state index < -0.39 is 0 Å². The first-order chi connectivity index (χ1) is 6.81. The maximum absolute atomic E-state index is 3.64. The van der Waals surface area contributed by atoms with Crippen molar-refractivity contribution in [1.82, 2.24) is 5.32 Å². The molecule has 0 saturated heterocycles. The third kappa shape index (κ3) is 2.31. The molecule has 1 aromatic heterocycles. The molecule has 1 unspecified atom stereocenters. The molecule has 1 aliphatic carbocycles. The largest absolute Gasteiger partial charge is 0.310 e. The van der Waals surface area contributed by atoms with Gasteiger partial charge in [-0.05, 0) is 66.4 Å². The molecule has 1 atom stereocenters. The molecule has 0 spiro atoms. The Morgan fingerprint density at radius 1 is 1.64 bits per heavy atom. The Kier molecular flexibility index (Phi) is 3.85. The summed E-state index contributed by atoms with van der Waals surface area (Å²) in [6.45, 7) is 3.38. The second-order valence-corrected chi connectivity index (χ2v) is 6.86. The van der Waals surface area contributed by atoms with Crippen LogP contribution >= 0.6 is 33.9 Å². The van der Waals surface area contributed by atoms with Crippen molar-refractivity contribution in [3.8, 4) is 0 Å². The lowest BCUT2D eigenvalue weighted by Crippen LogP contribution is -2.24. The van der Waals surface area contributed by atoms with Gasteiger partial charge in [-0.25, -0.2) is 0 Å². The van der Waals surface area contributed by atoms with Gasteiger partial charge in [-0.1, -0.05) is 6.92 Å². The van der Waals surface area contributed by atoms with E-state index in [1.807, 2.05) is 11.3 Å². The highest BCUT2D eigenvalue weighted by atomic mass is 127. The second-order valence-electron chi connectivity index (χ2n) is 3.83. The average molecular weight is 321 g/mol. The molecule has 3 heteroatoms. The molecule has 0 saturated carbocycles. The van der Waals surface area contributed by atoms with Crippen molar-refractivity contribution in [3.05, 3.63) is 19.4 Å². The molecule has 0 aliphatic heterocycles. The van der Waals surface area contributed by atoms with Crippen LogP contribution in [0.15, 0.2) is 6.07 Å². The molecule has 0 bridgehead atoms. The molecule has 1 aromatic rings. The third-order valence-corrected chi connectivity index (χ3v) is 4.70. The van der Waals surface area contributed by atoms with Gasteiger partial charge in [-0.3, -0.25) is 0 Å². The molecule has 1 heterocycles. The fourth-order valence-electron chi connectivity index (χ4n) is 2.05. The van der Waals surface area contributed by atoms with Crippen molar-refractivity contribution in [2.75, 3.05) is 6.54 Å². The number of hydrogen-bond acceptors (Lipinski definition) is 2. The number of aryl methyl sites for hydroxylation is 1. The summed E-state index contributed by atoms with van der Waals surface area (Å²) in [5, 5.41) is 3.64. The Hall–Kier alpha value is 0.390. The van der Waals surface area contributed by atoms with E-state index in [0.717, 1.165) is 6.54 Å². The van der Waals surface area contributed by atoms with Crippen LogP contribution < -0.4 is 5.32 Å². The van der Waals surface area contributed by atoms with Gasteiger partial charge in [-0.2, -0.15) is 0 Å². The molecule has 0 fully saturated rings. The quantitative estimate of drug-likeness (QED) is 0.837. The van der Waals surface area contributed by atoms with Gasteiger partial charge >= 0.3 is 0 Å². The number of halogens is 1. The molecular weight excluding hydrogens is 305 g/mol. The van der Waals surface area contributed by atoms with Crippen molar-refractivity contribution < 1.29 is 0 Å². The molecule has 1 aliphatic rings. The Morgan fingerprint density at radius 2 is 2.50 bits per heavy atom. The lowest BCUT2D eigenvalue weighted by atomic mass is 9.94. The summed E-state index contributed by atoms with van der Waals surface area (Å²) < 4.78 is 1.44. The highest BCUT2D eigenvalue weighted by Crippen LogP contribution is 2.36. The summed E-state index contributed by atoms with van der Waals surface area (Å²) in [6.07, 6.45) is 5.20. The number of hydrogen-bond donors (Lipinski definition) is 1. The first kappa shape index (κ1) is 10.9. The van der Waals surface area contributed by atoms with Gasteiger partial charge in [-0.15, -0.1) is 11.3 Å². The SMILES string of the molecule is CCCNC1CCCc2sc(I)cc21. The molecular formula is C11H16INS. The normalized spacial score (nSPS) is 20.9. The molecule has 1 nitrogen and oxygen atoms in total. The van der Waals surface area contributed by atoms with Crippen LogP contribution in [0.1, 0.15) is 42.7 Å². The highest BCUT2D eigenvalue weighted by Gasteiger charge is 2.21. The maximum Gasteiger partial charge on any atom is 0.0659 e. The molecule has 0 amide bonds.